The zero-order chi connectivity index (χ0) is 16.8. The van der Waals surface area contributed by atoms with Gasteiger partial charge in [-0.25, -0.2) is 0 Å². The molecule has 0 fully saturated rings. The van der Waals surface area contributed by atoms with Crippen molar-refractivity contribution in [3.05, 3.63) is 69.4 Å². The molecule has 0 saturated carbocycles. The van der Waals surface area contributed by atoms with Crippen LogP contribution >= 0.6 is 0 Å². The lowest BCUT2D eigenvalue weighted by molar-refractivity contribution is 0.585. The van der Waals surface area contributed by atoms with E-state index in [1.165, 1.54) is 16.7 Å². The minimum absolute atomic E-state index is 0.0614. The maximum Gasteiger partial charge on any atom is 0.190 e. The summed E-state index contributed by atoms with van der Waals surface area (Å²) in [6.07, 6.45) is 0. The lowest BCUT2D eigenvalue weighted by Gasteiger charge is -2.23. The molecule has 0 saturated heterocycles. The van der Waals surface area contributed by atoms with Crippen molar-refractivity contribution in [1.82, 2.24) is 4.98 Å². The molecule has 118 valence electrons. The fourth-order valence-corrected chi connectivity index (χ4v) is 3.26. The highest BCUT2D eigenvalue weighted by Crippen LogP contribution is 2.31. The van der Waals surface area contributed by atoms with Gasteiger partial charge in [0.2, 0.25) is 0 Å². The third-order valence-corrected chi connectivity index (χ3v) is 4.41. The van der Waals surface area contributed by atoms with Crippen molar-refractivity contribution in [2.45, 2.75) is 40.0 Å². The molecule has 0 radical (unpaired) electrons. The molecule has 1 N–H and O–H groups in total. The number of pyridine rings is 1. The predicted molar refractivity (Wildman–Crippen MR) is 98.2 cm³/mol. The van der Waals surface area contributed by atoms with Gasteiger partial charge >= 0.3 is 0 Å². The van der Waals surface area contributed by atoms with E-state index in [0.29, 0.717) is 0 Å². The highest BCUT2D eigenvalue weighted by atomic mass is 16.1. The normalized spacial score (nSPS) is 11.9. The summed E-state index contributed by atoms with van der Waals surface area (Å²) in [5.41, 5.74) is 6.83. The molecule has 2 heteroatoms. The van der Waals surface area contributed by atoms with Gasteiger partial charge in [0.05, 0.1) is 0 Å². The molecule has 1 heterocycles. The number of aryl methyl sites for hydroxylation is 2. The van der Waals surface area contributed by atoms with E-state index < -0.39 is 0 Å². The highest BCUT2D eigenvalue weighted by molar-refractivity contribution is 5.82. The molecule has 0 bridgehead atoms. The molecule has 2 nitrogen and oxygen atoms in total. The molecule has 0 aliphatic rings. The maximum atomic E-state index is 12.4. The topological polar surface area (TPSA) is 32.9 Å². The van der Waals surface area contributed by atoms with Gasteiger partial charge in [0.1, 0.15) is 0 Å². The lowest BCUT2D eigenvalue weighted by Crippen LogP contribution is -2.14. The van der Waals surface area contributed by atoms with Crippen molar-refractivity contribution >= 4 is 10.9 Å². The molecule has 1 aromatic heterocycles. The second-order valence-corrected chi connectivity index (χ2v) is 7.32. The standard InChI is InChI=1S/C21H23NO/c1-13-11-17(21(3,4)5)14(2)10-16(13)19-12-20(23)15-8-6-7-9-18(15)22-19/h6-12H,1-5H3,(H,22,23). The van der Waals surface area contributed by atoms with Crippen LogP contribution in [0.5, 0.6) is 0 Å². The van der Waals surface area contributed by atoms with Gasteiger partial charge in [-0.1, -0.05) is 39.0 Å². The van der Waals surface area contributed by atoms with Gasteiger partial charge in [0.25, 0.3) is 0 Å². The van der Waals surface area contributed by atoms with Crippen LogP contribution in [0.3, 0.4) is 0 Å². The minimum atomic E-state index is 0.0614. The number of nitrogens with one attached hydrogen (secondary N) is 1. The van der Waals surface area contributed by atoms with Crippen LogP contribution in [0.4, 0.5) is 0 Å². The van der Waals surface area contributed by atoms with Crippen molar-refractivity contribution in [3.8, 4) is 11.3 Å². The number of hydrogen-bond acceptors (Lipinski definition) is 1. The summed E-state index contributed by atoms with van der Waals surface area (Å²) in [5.74, 6) is 0. The van der Waals surface area contributed by atoms with E-state index in [2.05, 4.69) is 51.7 Å². The Morgan fingerprint density at radius 3 is 2.30 bits per heavy atom. The summed E-state index contributed by atoms with van der Waals surface area (Å²) in [4.78, 5) is 15.8. The zero-order valence-electron chi connectivity index (χ0n) is 14.4. The van der Waals surface area contributed by atoms with Gasteiger partial charge in [-0.3, -0.25) is 4.79 Å². The predicted octanol–water partition coefficient (Wildman–Crippen LogP) is 5.11. The molecule has 0 spiro atoms. The molecule has 0 unspecified atom stereocenters. The summed E-state index contributed by atoms with van der Waals surface area (Å²) in [7, 11) is 0. The number of hydrogen-bond donors (Lipinski definition) is 1. The summed E-state index contributed by atoms with van der Waals surface area (Å²) >= 11 is 0. The second kappa shape index (κ2) is 5.38. The molecular formula is C21H23NO. The average molecular weight is 305 g/mol. The maximum absolute atomic E-state index is 12.4. The smallest absolute Gasteiger partial charge is 0.190 e. The van der Waals surface area contributed by atoms with Crippen molar-refractivity contribution < 1.29 is 0 Å². The van der Waals surface area contributed by atoms with Crippen LogP contribution in [0.25, 0.3) is 22.2 Å². The van der Waals surface area contributed by atoms with Crippen LogP contribution in [0, 0.1) is 13.8 Å². The van der Waals surface area contributed by atoms with Gasteiger partial charge in [-0.15, -0.1) is 0 Å². The van der Waals surface area contributed by atoms with Gasteiger partial charge in [0, 0.05) is 28.2 Å². The first-order valence-electron chi connectivity index (χ1n) is 8.01. The summed E-state index contributed by atoms with van der Waals surface area (Å²) in [6.45, 7) is 10.9. The van der Waals surface area contributed by atoms with Gasteiger partial charge < -0.3 is 4.98 Å². The first-order chi connectivity index (χ1) is 10.8. The van der Waals surface area contributed by atoms with E-state index in [9.17, 15) is 4.79 Å². The number of benzene rings is 2. The Labute approximate surface area is 137 Å². The van der Waals surface area contributed by atoms with E-state index >= 15 is 0 Å². The summed E-state index contributed by atoms with van der Waals surface area (Å²) in [6, 6.07) is 13.8. The Kier molecular flexibility index (Phi) is 3.63. The van der Waals surface area contributed by atoms with Crippen molar-refractivity contribution in [1.29, 1.82) is 0 Å². The number of fused-ring (bicyclic) bond motifs is 1. The summed E-state index contributed by atoms with van der Waals surface area (Å²) in [5, 5.41) is 0.733. The van der Waals surface area contributed by atoms with Gasteiger partial charge in [-0.2, -0.15) is 0 Å². The van der Waals surface area contributed by atoms with Crippen LogP contribution in [-0.2, 0) is 5.41 Å². The largest absolute Gasteiger partial charge is 0.354 e. The van der Waals surface area contributed by atoms with E-state index in [0.717, 1.165) is 22.2 Å². The molecule has 3 aromatic rings. The molecule has 0 aliphatic carbocycles. The van der Waals surface area contributed by atoms with E-state index in [4.69, 9.17) is 0 Å². The molecule has 0 aliphatic heterocycles. The Morgan fingerprint density at radius 2 is 1.61 bits per heavy atom. The second-order valence-electron chi connectivity index (χ2n) is 7.32. The fourth-order valence-electron chi connectivity index (χ4n) is 3.26. The molecule has 3 rings (SSSR count). The fraction of sp³-hybridized carbons (Fsp3) is 0.286. The number of para-hydroxylation sites is 1. The van der Waals surface area contributed by atoms with Gasteiger partial charge in [0.15, 0.2) is 5.43 Å². The Morgan fingerprint density at radius 1 is 0.913 bits per heavy atom. The van der Waals surface area contributed by atoms with Crippen molar-refractivity contribution in [2.24, 2.45) is 0 Å². The minimum Gasteiger partial charge on any atom is -0.354 e. The quantitative estimate of drug-likeness (QED) is 0.666. The Bertz CT molecular complexity index is 942. The van der Waals surface area contributed by atoms with Crippen LogP contribution in [0.1, 0.15) is 37.5 Å². The monoisotopic (exact) mass is 305 g/mol. The summed E-state index contributed by atoms with van der Waals surface area (Å²) < 4.78 is 0. The first kappa shape index (κ1) is 15.5. The van der Waals surface area contributed by atoms with E-state index in [-0.39, 0.29) is 10.8 Å². The van der Waals surface area contributed by atoms with Crippen LogP contribution in [0.2, 0.25) is 0 Å². The van der Waals surface area contributed by atoms with Gasteiger partial charge in [-0.05, 0) is 54.2 Å². The number of aromatic amines is 1. The number of rotatable bonds is 1. The highest BCUT2D eigenvalue weighted by Gasteiger charge is 2.18. The van der Waals surface area contributed by atoms with Crippen molar-refractivity contribution in [2.75, 3.05) is 0 Å². The Hall–Kier alpha value is -2.35. The third-order valence-electron chi connectivity index (χ3n) is 4.41. The van der Waals surface area contributed by atoms with E-state index in [1.807, 2.05) is 24.3 Å². The number of H-pyrrole nitrogens is 1. The van der Waals surface area contributed by atoms with E-state index in [1.54, 1.807) is 6.07 Å². The molecule has 0 atom stereocenters. The SMILES string of the molecule is Cc1cc(C(C)(C)C)c(C)cc1-c1cc(=O)c2ccccc2[nH]1. The molecule has 0 amide bonds. The van der Waals surface area contributed by atoms with Crippen LogP contribution in [-0.4, -0.2) is 4.98 Å². The molecule has 23 heavy (non-hydrogen) atoms. The number of aromatic nitrogens is 1. The Balaban J connectivity index is 2.24. The lowest BCUT2D eigenvalue weighted by atomic mass is 9.82. The molecule has 2 aromatic carbocycles. The molecular weight excluding hydrogens is 282 g/mol. The zero-order valence-corrected chi connectivity index (χ0v) is 14.4. The average Bonchev–Trinajstić information content (AvgIpc) is 2.48. The first-order valence-corrected chi connectivity index (χ1v) is 8.01. The third kappa shape index (κ3) is 2.81. The van der Waals surface area contributed by atoms with Crippen LogP contribution in [0.15, 0.2) is 47.3 Å². The van der Waals surface area contributed by atoms with Crippen molar-refractivity contribution in [3.63, 3.8) is 0 Å². The van der Waals surface area contributed by atoms with Crippen LogP contribution < -0.4 is 5.43 Å².